The molecule has 0 unspecified atom stereocenters. The molecule has 0 spiro atoms. The van der Waals surface area contributed by atoms with Crippen molar-refractivity contribution in [3.8, 4) is 5.75 Å². The molecule has 0 fully saturated rings. The minimum atomic E-state index is -0.510. The van der Waals surface area contributed by atoms with Crippen LogP contribution in [0.3, 0.4) is 0 Å². The van der Waals surface area contributed by atoms with Crippen LogP contribution < -0.4 is 15.4 Å². The number of nitrogens with one attached hydrogen (secondary N) is 2. The molecule has 4 nitrogen and oxygen atoms in total. The van der Waals surface area contributed by atoms with Gasteiger partial charge in [-0.05, 0) is 41.7 Å². The molecule has 30 heavy (non-hydrogen) atoms. The summed E-state index contributed by atoms with van der Waals surface area (Å²) in [6.07, 6.45) is 0. The number of aryl methyl sites for hydroxylation is 1. The second-order valence-electron chi connectivity index (χ2n) is 7.84. The van der Waals surface area contributed by atoms with Gasteiger partial charge in [-0.2, -0.15) is 0 Å². The van der Waals surface area contributed by atoms with Crippen LogP contribution in [0.1, 0.15) is 42.6 Å². The van der Waals surface area contributed by atoms with Crippen molar-refractivity contribution in [1.29, 1.82) is 0 Å². The summed E-state index contributed by atoms with van der Waals surface area (Å²) in [6.45, 7) is 6.31. The Hall–Kier alpha value is -3.11. The van der Waals surface area contributed by atoms with Crippen LogP contribution in [-0.4, -0.2) is 13.0 Å². The maximum atomic E-state index is 13.5. The monoisotopic (exact) mass is 402 g/mol. The maximum Gasteiger partial charge on any atom is 0.246 e. The molecule has 156 valence electrons. The molecule has 2 N–H and O–H groups in total. The first-order valence-electron chi connectivity index (χ1n) is 10.3. The highest BCUT2D eigenvalue weighted by atomic mass is 16.5. The molecule has 0 aliphatic heterocycles. The number of hydrogen-bond acceptors (Lipinski definition) is 3. The van der Waals surface area contributed by atoms with E-state index >= 15 is 0 Å². The Bertz CT molecular complexity index is 955. The fourth-order valence-corrected chi connectivity index (χ4v) is 3.61. The number of ether oxygens (including phenoxy) is 1. The molecular formula is C26H30N2O2. The average molecular weight is 403 g/mol. The van der Waals surface area contributed by atoms with Crippen LogP contribution in [0.25, 0.3) is 0 Å². The molecule has 0 aromatic heterocycles. The summed E-state index contributed by atoms with van der Waals surface area (Å²) in [5.74, 6) is 0.829. The average Bonchev–Trinajstić information content (AvgIpc) is 2.75. The largest absolute Gasteiger partial charge is 0.495 e. The van der Waals surface area contributed by atoms with Gasteiger partial charge in [0, 0.05) is 6.04 Å². The number of methoxy groups -OCH3 is 1. The van der Waals surface area contributed by atoms with Crippen LogP contribution >= 0.6 is 0 Å². The number of benzene rings is 3. The highest BCUT2D eigenvalue weighted by Gasteiger charge is 2.27. The van der Waals surface area contributed by atoms with Crippen molar-refractivity contribution in [1.82, 2.24) is 5.32 Å². The Morgan fingerprint density at radius 1 is 0.867 bits per heavy atom. The number of carbonyl (C=O) groups is 1. The molecule has 3 rings (SSSR count). The van der Waals surface area contributed by atoms with Gasteiger partial charge in [0.25, 0.3) is 0 Å². The summed E-state index contributed by atoms with van der Waals surface area (Å²) in [4.78, 5) is 13.5. The number of rotatable bonds is 8. The number of anilines is 1. The maximum absolute atomic E-state index is 13.5. The minimum absolute atomic E-state index is 0.0292. The number of hydrogen-bond donors (Lipinski definition) is 2. The summed E-state index contributed by atoms with van der Waals surface area (Å²) in [7, 11) is 1.61. The van der Waals surface area contributed by atoms with Crippen LogP contribution in [0.5, 0.6) is 5.75 Å². The van der Waals surface area contributed by atoms with Crippen molar-refractivity contribution in [3.63, 3.8) is 0 Å². The van der Waals surface area contributed by atoms with E-state index in [-0.39, 0.29) is 11.9 Å². The van der Waals surface area contributed by atoms with E-state index in [0.29, 0.717) is 17.4 Å². The lowest BCUT2D eigenvalue weighted by molar-refractivity contribution is -0.118. The highest BCUT2D eigenvalue weighted by molar-refractivity contribution is 5.96. The highest BCUT2D eigenvalue weighted by Crippen LogP contribution is 2.29. The van der Waals surface area contributed by atoms with Crippen molar-refractivity contribution >= 4 is 11.6 Å². The van der Waals surface area contributed by atoms with Gasteiger partial charge in [-0.1, -0.05) is 80.6 Å². The first-order valence-corrected chi connectivity index (χ1v) is 10.3. The lowest BCUT2D eigenvalue weighted by Crippen LogP contribution is -2.37. The summed E-state index contributed by atoms with van der Waals surface area (Å²) in [5.41, 5.74) is 3.81. The van der Waals surface area contributed by atoms with Gasteiger partial charge in [0.05, 0.1) is 12.8 Å². The molecule has 4 heteroatoms. The van der Waals surface area contributed by atoms with E-state index in [9.17, 15) is 4.79 Å². The predicted molar refractivity (Wildman–Crippen MR) is 123 cm³/mol. The smallest absolute Gasteiger partial charge is 0.246 e. The molecule has 0 bridgehead atoms. The zero-order chi connectivity index (χ0) is 21.5. The van der Waals surface area contributed by atoms with Crippen LogP contribution in [0.15, 0.2) is 78.9 Å². The van der Waals surface area contributed by atoms with Crippen molar-refractivity contribution < 1.29 is 9.53 Å². The van der Waals surface area contributed by atoms with E-state index < -0.39 is 6.04 Å². The molecule has 0 heterocycles. The molecule has 0 saturated heterocycles. The molecule has 0 aliphatic carbocycles. The molecule has 0 aliphatic rings. The Kier molecular flexibility index (Phi) is 7.26. The topological polar surface area (TPSA) is 50.4 Å². The Labute approximate surface area is 179 Å². The van der Waals surface area contributed by atoms with E-state index in [1.54, 1.807) is 7.11 Å². The van der Waals surface area contributed by atoms with E-state index in [1.807, 2.05) is 73.7 Å². The Morgan fingerprint density at radius 2 is 1.47 bits per heavy atom. The van der Waals surface area contributed by atoms with Crippen molar-refractivity contribution in [2.45, 2.75) is 32.9 Å². The van der Waals surface area contributed by atoms with Crippen molar-refractivity contribution in [2.24, 2.45) is 5.92 Å². The van der Waals surface area contributed by atoms with Gasteiger partial charge in [-0.25, -0.2) is 0 Å². The van der Waals surface area contributed by atoms with Crippen LogP contribution in [-0.2, 0) is 4.79 Å². The SMILES string of the molecule is COc1ccc(C)cc1NC(=O)[C@H](N[C@@H](c1ccccc1)C(C)C)c1ccccc1. The van der Waals surface area contributed by atoms with Crippen LogP contribution in [0.4, 0.5) is 5.69 Å². The summed E-state index contributed by atoms with van der Waals surface area (Å²) in [6, 6.07) is 25.4. The fourth-order valence-electron chi connectivity index (χ4n) is 3.61. The second-order valence-corrected chi connectivity index (χ2v) is 7.84. The summed E-state index contributed by atoms with van der Waals surface area (Å²) >= 11 is 0. The molecule has 3 aromatic rings. The van der Waals surface area contributed by atoms with Gasteiger partial charge < -0.3 is 10.1 Å². The molecule has 2 atom stereocenters. The zero-order valence-corrected chi connectivity index (χ0v) is 18.1. The van der Waals surface area contributed by atoms with Crippen molar-refractivity contribution in [3.05, 3.63) is 95.6 Å². The zero-order valence-electron chi connectivity index (χ0n) is 18.1. The Balaban J connectivity index is 1.93. The van der Waals surface area contributed by atoms with E-state index in [2.05, 4.69) is 36.6 Å². The minimum Gasteiger partial charge on any atom is -0.495 e. The quantitative estimate of drug-likeness (QED) is 0.510. The molecule has 0 radical (unpaired) electrons. The fraction of sp³-hybridized carbons (Fsp3) is 0.269. The van der Waals surface area contributed by atoms with Gasteiger partial charge >= 0.3 is 0 Å². The van der Waals surface area contributed by atoms with E-state index in [4.69, 9.17) is 4.74 Å². The van der Waals surface area contributed by atoms with Crippen LogP contribution in [0, 0.1) is 12.8 Å². The predicted octanol–water partition coefficient (Wildman–Crippen LogP) is 5.67. The lowest BCUT2D eigenvalue weighted by Gasteiger charge is -2.29. The van der Waals surface area contributed by atoms with E-state index in [1.165, 1.54) is 0 Å². The third-order valence-electron chi connectivity index (χ3n) is 5.18. The second kappa shape index (κ2) is 10.1. The standard InChI is InChI=1S/C26H30N2O2/c1-18(2)24(20-11-7-5-8-12-20)28-25(21-13-9-6-10-14-21)26(29)27-22-17-19(3)15-16-23(22)30-4/h5-18,24-25,28H,1-4H3,(H,27,29)/t24-,25-/m1/s1. The first-order chi connectivity index (χ1) is 14.5. The van der Waals surface area contributed by atoms with Crippen LogP contribution in [0.2, 0.25) is 0 Å². The molecular weight excluding hydrogens is 372 g/mol. The normalized spacial score (nSPS) is 13.0. The third-order valence-corrected chi connectivity index (χ3v) is 5.18. The molecule has 0 saturated carbocycles. The van der Waals surface area contributed by atoms with Gasteiger partial charge in [0.15, 0.2) is 0 Å². The van der Waals surface area contributed by atoms with Gasteiger partial charge in [0.2, 0.25) is 5.91 Å². The van der Waals surface area contributed by atoms with Gasteiger partial charge in [0.1, 0.15) is 11.8 Å². The van der Waals surface area contributed by atoms with Gasteiger partial charge in [-0.15, -0.1) is 0 Å². The number of amides is 1. The molecule has 1 amide bonds. The summed E-state index contributed by atoms with van der Waals surface area (Å²) in [5, 5.41) is 6.68. The third kappa shape index (κ3) is 5.28. The van der Waals surface area contributed by atoms with E-state index in [0.717, 1.165) is 16.7 Å². The van der Waals surface area contributed by atoms with Gasteiger partial charge in [-0.3, -0.25) is 10.1 Å². The first kappa shape index (κ1) is 21.6. The summed E-state index contributed by atoms with van der Waals surface area (Å²) < 4.78 is 5.44. The number of carbonyl (C=O) groups excluding carboxylic acids is 1. The molecule has 3 aromatic carbocycles. The Morgan fingerprint density at radius 3 is 2.03 bits per heavy atom. The lowest BCUT2D eigenvalue weighted by atomic mass is 9.93. The van der Waals surface area contributed by atoms with Crippen molar-refractivity contribution in [2.75, 3.05) is 12.4 Å².